The van der Waals surface area contributed by atoms with Crippen molar-refractivity contribution < 1.29 is 14.0 Å². The van der Waals surface area contributed by atoms with Gasteiger partial charge in [0.1, 0.15) is 17.6 Å². The fraction of sp³-hybridized carbons (Fsp3) is 0.636. The minimum absolute atomic E-state index is 0.0396. The summed E-state index contributed by atoms with van der Waals surface area (Å²) >= 11 is 1.76. The van der Waals surface area contributed by atoms with Crippen LogP contribution in [0.1, 0.15) is 38.5 Å². The Morgan fingerprint density at radius 2 is 2.03 bits per heavy atom. The Hall–Kier alpha value is -2.00. The Labute approximate surface area is 186 Å². The second-order valence-corrected chi connectivity index (χ2v) is 9.82. The van der Waals surface area contributed by atoms with Gasteiger partial charge in [-0.15, -0.1) is 0 Å². The van der Waals surface area contributed by atoms with Crippen molar-refractivity contribution in [3.63, 3.8) is 0 Å². The molecule has 31 heavy (non-hydrogen) atoms. The lowest BCUT2D eigenvalue weighted by atomic mass is 9.94. The SMILES string of the molecule is CNC(=O)CN1CCC(SCC2=NC3=CC(=NC4CCCC4)C=C(F)C3C(=O)N2)CC1. The van der Waals surface area contributed by atoms with Gasteiger partial charge < -0.3 is 10.6 Å². The Bertz CT molecular complexity index is 839. The van der Waals surface area contributed by atoms with Crippen LogP contribution in [0.4, 0.5) is 4.39 Å². The van der Waals surface area contributed by atoms with Crippen molar-refractivity contribution >= 4 is 35.1 Å². The number of nitrogens with zero attached hydrogens (tertiary/aromatic N) is 3. The maximum absolute atomic E-state index is 14.6. The highest BCUT2D eigenvalue weighted by Crippen LogP contribution is 2.32. The number of amides is 2. The molecule has 2 aliphatic carbocycles. The van der Waals surface area contributed by atoms with E-state index in [0.717, 1.165) is 38.8 Å². The molecule has 2 N–H and O–H groups in total. The van der Waals surface area contributed by atoms with Gasteiger partial charge in [-0.1, -0.05) is 12.8 Å². The lowest BCUT2D eigenvalue weighted by Crippen LogP contribution is -2.44. The van der Waals surface area contributed by atoms with E-state index in [-0.39, 0.29) is 17.9 Å². The molecule has 1 saturated heterocycles. The zero-order valence-electron chi connectivity index (χ0n) is 17.9. The molecule has 2 amide bonds. The van der Waals surface area contributed by atoms with Crippen molar-refractivity contribution in [3.05, 3.63) is 23.7 Å². The molecular formula is C22H30FN5O2S. The molecule has 1 saturated carbocycles. The van der Waals surface area contributed by atoms with Crippen molar-refractivity contribution in [2.45, 2.75) is 49.8 Å². The molecule has 0 bridgehead atoms. The summed E-state index contributed by atoms with van der Waals surface area (Å²) in [4.78, 5) is 35.4. The number of allylic oxidation sites excluding steroid dienone is 2. The number of thioether (sulfide) groups is 1. The van der Waals surface area contributed by atoms with E-state index in [9.17, 15) is 14.0 Å². The van der Waals surface area contributed by atoms with Gasteiger partial charge in [0.25, 0.3) is 0 Å². The number of likely N-dealkylation sites (tertiary alicyclic amines) is 1. The van der Waals surface area contributed by atoms with Crippen molar-refractivity contribution in [1.29, 1.82) is 0 Å². The van der Waals surface area contributed by atoms with E-state index < -0.39 is 11.7 Å². The molecule has 2 heterocycles. The molecule has 4 aliphatic rings. The van der Waals surface area contributed by atoms with Crippen LogP contribution in [0.2, 0.25) is 0 Å². The van der Waals surface area contributed by atoms with Crippen LogP contribution in [0.25, 0.3) is 0 Å². The topological polar surface area (TPSA) is 86.2 Å². The second kappa shape index (κ2) is 10.1. The summed E-state index contributed by atoms with van der Waals surface area (Å²) in [6.07, 6.45) is 9.55. The third-order valence-electron chi connectivity index (χ3n) is 6.24. The number of hydrogen-bond acceptors (Lipinski definition) is 6. The van der Waals surface area contributed by atoms with Gasteiger partial charge in [0, 0.05) is 12.3 Å². The maximum atomic E-state index is 14.6. The van der Waals surface area contributed by atoms with E-state index in [0.29, 0.717) is 34.8 Å². The first kappa shape index (κ1) is 22.2. The molecule has 0 aromatic heterocycles. The quantitative estimate of drug-likeness (QED) is 0.654. The number of nitrogens with one attached hydrogen (secondary N) is 2. The van der Waals surface area contributed by atoms with Crippen LogP contribution in [-0.2, 0) is 9.59 Å². The van der Waals surface area contributed by atoms with E-state index in [4.69, 9.17) is 0 Å². The molecule has 0 radical (unpaired) electrons. The van der Waals surface area contributed by atoms with Crippen LogP contribution < -0.4 is 10.6 Å². The minimum atomic E-state index is -0.954. The van der Waals surface area contributed by atoms with E-state index in [1.165, 1.54) is 18.9 Å². The molecule has 7 nitrogen and oxygen atoms in total. The number of fused-ring (bicyclic) bond motifs is 1. The molecule has 168 valence electrons. The molecule has 2 fully saturated rings. The van der Waals surface area contributed by atoms with Crippen LogP contribution in [0.5, 0.6) is 0 Å². The lowest BCUT2D eigenvalue weighted by molar-refractivity contribution is -0.122. The maximum Gasteiger partial charge on any atom is 0.241 e. The standard InChI is InChI=1S/C22H30FN5O2S/c1-24-20(29)12-28-8-6-16(7-9-28)31-13-19-26-18-11-15(25-14-4-2-3-5-14)10-17(23)21(18)22(30)27-19/h10-11,14,16,21H,2-9,12-13H2,1H3,(H,24,29)(H,26,27,30). The fourth-order valence-electron chi connectivity index (χ4n) is 4.50. The second-order valence-electron chi connectivity index (χ2n) is 8.53. The summed E-state index contributed by atoms with van der Waals surface area (Å²) in [5.41, 5.74) is 1.04. The molecule has 0 aromatic carbocycles. The summed E-state index contributed by atoms with van der Waals surface area (Å²) in [7, 11) is 1.65. The third kappa shape index (κ3) is 5.63. The van der Waals surface area contributed by atoms with Gasteiger partial charge in [-0.05, 0) is 50.9 Å². The highest BCUT2D eigenvalue weighted by atomic mass is 32.2. The van der Waals surface area contributed by atoms with Crippen LogP contribution in [0.3, 0.4) is 0 Å². The highest BCUT2D eigenvalue weighted by molar-refractivity contribution is 8.00. The van der Waals surface area contributed by atoms with E-state index in [2.05, 4.69) is 25.5 Å². The van der Waals surface area contributed by atoms with Gasteiger partial charge in [-0.2, -0.15) is 11.8 Å². The Balaban J connectivity index is 1.35. The van der Waals surface area contributed by atoms with Crippen LogP contribution in [0.15, 0.2) is 33.7 Å². The Morgan fingerprint density at radius 1 is 1.29 bits per heavy atom. The van der Waals surface area contributed by atoms with Crippen molar-refractivity contribution in [2.75, 3.05) is 32.4 Å². The fourth-order valence-corrected chi connectivity index (χ4v) is 5.57. The van der Waals surface area contributed by atoms with Crippen molar-refractivity contribution in [2.24, 2.45) is 15.9 Å². The number of piperidine rings is 1. The monoisotopic (exact) mass is 447 g/mol. The zero-order valence-corrected chi connectivity index (χ0v) is 18.7. The van der Waals surface area contributed by atoms with E-state index in [1.807, 2.05) is 0 Å². The number of likely N-dealkylation sites (N-methyl/N-ethyl adjacent to an activating group) is 1. The number of carbonyl (C=O) groups is 2. The number of carbonyl (C=O) groups excluding carboxylic acids is 2. The highest BCUT2D eigenvalue weighted by Gasteiger charge is 2.35. The van der Waals surface area contributed by atoms with E-state index in [1.54, 1.807) is 24.9 Å². The minimum Gasteiger partial charge on any atom is -0.358 e. The Morgan fingerprint density at radius 3 is 2.74 bits per heavy atom. The summed E-state index contributed by atoms with van der Waals surface area (Å²) < 4.78 is 14.6. The average molecular weight is 448 g/mol. The molecule has 0 spiro atoms. The molecule has 4 rings (SSSR count). The van der Waals surface area contributed by atoms with Crippen molar-refractivity contribution in [3.8, 4) is 0 Å². The summed E-state index contributed by atoms with van der Waals surface area (Å²) in [5.74, 6) is -0.588. The number of hydrogen-bond donors (Lipinski definition) is 2. The van der Waals surface area contributed by atoms with Gasteiger partial charge >= 0.3 is 0 Å². The predicted molar refractivity (Wildman–Crippen MR) is 122 cm³/mol. The molecule has 9 heteroatoms. The zero-order chi connectivity index (χ0) is 21.8. The van der Waals surface area contributed by atoms with Crippen LogP contribution in [-0.4, -0.2) is 72.0 Å². The van der Waals surface area contributed by atoms with Gasteiger partial charge in [-0.3, -0.25) is 19.5 Å². The number of amidine groups is 1. The van der Waals surface area contributed by atoms with Gasteiger partial charge in [0.15, 0.2) is 0 Å². The smallest absolute Gasteiger partial charge is 0.241 e. The first-order valence-corrected chi connectivity index (χ1v) is 12.2. The van der Waals surface area contributed by atoms with Crippen molar-refractivity contribution in [1.82, 2.24) is 15.5 Å². The van der Waals surface area contributed by atoms with Crippen LogP contribution in [0, 0.1) is 5.92 Å². The predicted octanol–water partition coefficient (Wildman–Crippen LogP) is 2.21. The van der Waals surface area contributed by atoms with Gasteiger partial charge in [-0.25, -0.2) is 9.38 Å². The van der Waals surface area contributed by atoms with Crippen LogP contribution >= 0.6 is 11.8 Å². The first-order chi connectivity index (χ1) is 15.0. The molecule has 1 unspecified atom stereocenters. The third-order valence-corrected chi connectivity index (χ3v) is 7.62. The first-order valence-electron chi connectivity index (χ1n) is 11.1. The van der Waals surface area contributed by atoms with Gasteiger partial charge in [0.05, 0.1) is 29.7 Å². The summed E-state index contributed by atoms with van der Waals surface area (Å²) in [6.45, 7) is 2.21. The number of halogens is 1. The molecule has 2 aliphatic heterocycles. The molecule has 0 aromatic rings. The molecular weight excluding hydrogens is 417 g/mol. The Kier molecular flexibility index (Phi) is 7.22. The molecule has 1 atom stereocenters. The average Bonchev–Trinajstić information content (AvgIpc) is 3.25. The number of aliphatic imine (C=N–C) groups is 2. The normalized spacial score (nSPS) is 26.8. The van der Waals surface area contributed by atoms with Gasteiger partial charge in [0.2, 0.25) is 11.8 Å². The largest absolute Gasteiger partial charge is 0.358 e. The van der Waals surface area contributed by atoms with E-state index >= 15 is 0 Å². The lowest BCUT2D eigenvalue weighted by Gasteiger charge is -2.31. The number of rotatable bonds is 6. The summed E-state index contributed by atoms with van der Waals surface area (Å²) in [6, 6.07) is 0.248. The summed E-state index contributed by atoms with van der Waals surface area (Å²) in [5, 5.41) is 5.89.